The number of nitrogens with one attached hydrogen (secondary N) is 2. The number of anilines is 1. The molecule has 4 rings (SSSR count). The molecule has 2 aromatic carbocycles. The number of pyridine rings is 1. The molecule has 0 spiro atoms. The lowest BCUT2D eigenvalue weighted by Gasteiger charge is -2.15. The monoisotopic (exact) mass is 363 g/mol. The van der Waals surface area contributed by atoms with Gasteiger partial charge in [-0.25, -0.2) is 0 Å². The topological polar surface area (TPSA) is 85.4 Å². The van der Waals surface area contributed by atoms with Gasteiger partial charge in [0.15, 0.2) is 0 Å². The van der Waals surface area contributed by atoms with Gasteiger partial charge in [0.05, 0.1) is 11.7 Å². The third-order valence-corrected chi connectivity index (χ3v) is 4.83. The molecule has 27 heavy (non-hydrogen) atoms. The van der Waals surface area contributed by atoms with Crippen LogP contribution in [0.25, 0.3) is 10.9 Å². The van der Waals surface area contributed by atoms with Gasteiger partial charge in [0.1, 0.15) is 0 Å². The number of nitrogens with zero attached hydrogens (tertiary/aromatic N) is 1. The van der Waals surface area contributed by atoms with E-state index in [0.717, 1.165) is 25.1 Å². The maximum absolute atomic E-state index is 12.8. The molecular weight excluding hydrogens is 342 g/mol. The summed E-state index contributed by atoms with van der Waals surface area (Å²) in [5.41, 5.74) is 2.43. The number of amides is 1. The molecule has 0 aliphatic carbocycles. The van der Waals surface area contributed by atoms with Gasteiger partial charge in [-0.3, -0.25) is 14.5 Å². The van der Waals surface area contributed by atoms with E-state index < -0.39 is 0 Å². The van der Waals surface area contributed by atoms with Crippen molar-refractivity contribution in [3.05, 3.63) is 76.1 Å². The number of para-hydroxylation sites is 1. The number of likely N-dealkylation sites (tertiary alicyclic amines) is 1. The van der Waals surface area contributed by atoms with Gasteiger partial charge < -0.3 is 15.4 Å². The van der Waals surface area contributed by atoms with Crippen molar-refractivity contribution < 1.29 is 9.90 Å². The summed E-state index contributed by atoms with van der Waals surface area (Å²) in [5.74, 6) is -0.314. The molecule has 2 heterocycles. The fraction of sp³-hybridized carbons (Fsp3) is 0.238. The molecule has 6 heteroatoms. The summed E-state index contributed by atoms with van der Waals surface area (Å²) in [6, 6.07) is 16.2. The summed E-state index contributed by atoms with van der Waals surface area (Å²) in [7, 11) is 0. The first-order chi connectivity index (χ1) is 13.1. The van der Waals surface area contributed by atoms with Crippen LogP contribution in [-0.2, 0) is 6.54 Å². The van der Waals surface area contributed by atoms with Crippen molar-refractivity contribution >= 4 is 22.5 Å². The normalized spacial score (nSPS) is 17.3. The molecule has 1 aromatic heterocycles. The van der Waals surface area contributed by atoms with Crippen molar-refractivity contribution in [1.82, 2.24) is 9.88 Å². The maximum atomic E-state index is 12.8. The Kier molecular flexibility index (Phi) is 4.75. The van der Waals surface area contributed by atoms with Crippen LogP contribution in [0, 0.1) is 0 Å². The van der Waals surface area contributed by atoms with Crippen LogP contribution in [0.5, 0.6) is 0 Å². The summed E-state index contributed by atoms with van der Waals surface area (Å²) in [6.07, 6.45) is 0.545. The van der Waals surface area contributed by atoms with Gasteiger partial charge in [-0.2, -0.15) is 0 Å². The van der Waals surface area contributed by atoms with Crippen LogP contribution < -0.4 is 10.9 Å². The molecule has 3 N–H and O–H groups in total. The van der Waals surface area contributed by atoms with Crippen molar-refractivity contribution in [3.8, 4) is 0 Å². The van der Waals surface area contributed by atoms with Crippen LogP contribution in [-0.4, -0.2) is 40.1 Å². The molecule has 0 bridgehead atoms. The molecule has 1 amide bonds. The minimum Gasteiger partial charge on any atom is -0.392 e. The molecule has 1 saturated heterocycles. The van der Waals surface area contributed by atoms with Crippen LogP contribution in [0.15, 0.2) is 59.4 Å². The summed E-state index contributed by atoms with van der Waals surface area (Å²) in [6.45, 7) is 2.28. The Labute approximate surface area is 156 Å². The fourth-order valence-electron chi connectivity index (χ4n) is 3.55. The summed E-state index contributed by atoms with van der Waals surface area (Å²) < 4.78 is 0. The van der Waals surface area contributed by atoms with Crippen molar-refractivity contribution in [1.29, 1.82) is 0 Å². The molecule has 1 aliphatic rings. The lowest BCUT2D eigenvalue weighted by Crippen LogP contribution is -2.21. The first-order valence-corrected chi connectivity index (χ1v) is 9.01. The predicted octanol–water partition coefficient (Wildman–Crippen LogP) is 2.35. The predicted molar refractivity (Wildman–Crippen MR) is 105 cm³/mol. The molecule has 1 atom stereocenters. The molecule has 0 radical (unpaired) electrons. The van der Waals surface area contributed by atoms with E-state index in [1.165, 1.54) is 6.07 Å². The Morgan fingerprint density at radius 2 is 2.04 bits per heavy atom. The minimum absolute atomic E-state index is 0.252. The average molecular weight is 363 g/mol. The molecular formula is C21H21N3O3. The van der Waals surface area contributed by atoms with Gasteiger partial charge in [0.25, 0.3) is 5.91 Å². The minimum atomic E-state index is -0.314. The number of benzene rings is 2. The highest BCUT2D eigenvalue weighted by Crippen LogP contribution is 2.19. The quantitative estimate of drug-likeness (QED) is 0.664. The third kappa shape index (κ3) is 3.92. The van der Waals surface area contributed by atoms with Crippen molar-refractivity contribution in [2.75, 3.05) is 18.4 Å². The van der Waals surface area contributed by atoms with E-state index in [4.69, 9.17) is 0 Å². The van der Waals surface area contributed by atoms with Gasteiger partial charge in [0.2, 0.25) is 5.56 Å². The summed E-state index contributed by atoms with van der Waals surface area (Å²) >= 11 is 0. The van der Waals surface area contributed by atoms with Crippen LogP contribution in [0.3, 0.4) is 0 Å². The molecule has 1 fully saturated rings. The first kappa shape index (κ1) is 17.5. The SMILES string of the molecule is O=C(Nc1cccc(CN2CCC(O)C2)c1)c1cc(=O)[nH]c2ccccc12. The van der Waals surface area contributed by atoms with Gasteiger partial charge in [-0.15, -0.1) is 0 Å². The van der Waals surface area contributed by atoms with Crippen LogP contribution in [0.4, 0.5) is 5.69 Å². The Morgan fingerprint density at radius 1 is 1.19 bits per heavy atom. The standard InChI is InChI=1S/C21H21N3O3/c25-16-8-9-24(13-16)12-14-4-3-5-15(10-14)22-21(27)18-11-20(26)23-19-7-2-1-6-17(18)19/h1-7,10-11,16,25H,8-9,12-13H2,(H,22,27)(H,23,26). The molecule has 1 unspecified atom stereocenters. The van der Waals surface area contributed by atoms with E-state index in [1.807, 2.05) is 42.5 Å². The van der Waals surface area contributed by atoms with Gasteiger partial charge in [0, 0.05) is 42.3 Å². The first-order valence-electron chi connectivity index (χ1n) is 9.01. The van der Waals surface area contributed by atoms with Crippen molar-refractivity contribution in [3.63, 3.8) is 0 Å². The Hall–Kier alpha value is -2.96. The number of hydrogen-bond acceptors (Lipinski definition) is 4. The third-order valence-electron chi connectivity index (χ3n) is 4.83. The lowest BCUT2D eigenvalue weighted by molar-refractivity contribution is 0.102. The fourth-order valence-corrected chi connectivity index (χ4v) is 3.55. The molecule has 138 valence electrons. The van der Waals surface area contributed by atoms with E-state index in [0.29, 0.717) is 28.7 Å². The van der Waals surface area contributed by atoms with Gasteiger partial charge in [-0.05, 0) is 30.2 Å². The van der Waals surface area contributed by atoms with Gasteiger partial charge in [-0.1, -0.05) is 30.3 Å². The number of aromatic nitrogens is 1. The zero-order valence-corrected chi connectivity index (χ0v) is 14.8. The van der Waals surface area contributed by atoms with Crippen molar-refractivity contribution in [2.24, 2.45) is 0 Å². The summed E-state index contributed by atoms with van der Waals surface area (Å²) in [5, 5.41) is 13.3. The zero-order valence-electron chi connectivity index (χ0n) is 14.8. The van der Waals surface area contributed by atoms with E-state index in [2.05, 4.69) is 15.2 Å². The van der Waals surface area contributed by atoms with Crippen molar-refractivity contribution in [2.45, 2.75) is 19.1 Å². The number of fused-ring (bicyclic) bond motifs is 1. The smallest absolute Gasteiger partial charge is 0.256 e. The molecule has 6 nitrogen and oxygen atoms in total. The molecule has 3 aromatic rings. The number of H-pyrrole nitrogens is 1. The number of carbonyl (C=O) groups is 1. The Bertz CT molecular complexity index is 1040. The molecule has 1 aliphatic heterocycles. The highest BCUT2D eigenvalue weighted by molar-refractivity contribution is 6.12. The van der Waals surface area contributed by atoms with Crippen LogP contribution >= 0.6 is 0 Å². The zero-order chi connectivity index (χ0) is 18.8. The number of carbonyl (C=O) groups excluding carboxylic acids is 1. The second-order valence-corrected chi connectivity index (χ2v) is 6.92. The highest BCUT2D eigenvalue weighted by Gasteiger charge is 2.20. The van der Waals surface area contributed by atoms with E-state index >= 15 is 0 Å². The van der Waals surface area contributed by atoms with Crippen LogP contribution in [0.2, 0.25) is 0 Å². The molecule has 0 saturated carbocycles. The lowest BCUT2D eigenvalue weighted by atomic mass is 10.1. The number of β-amino-alcohol motifs (C(OH)–C–C–N with tert-alkyl or cyclic N) is 1. The van der Waals surface area contributed by atoms with E-state index in [1.54, 1.807) is 6.07 Å². The van der Waals surface area contributed by atoms with Gasteiger partial charge >= 0.3 is 0 Å². The average Bonchev–Trinajstić information content (AvgIpc) is 3.06. The second-order valence-electron chi connectivity index (χ2n) is 6.92. The number of aliphatic hydroxyl groups excluding tert-OH is 1. The number of aliphatic hydroxyl groups is 1. The second kappa shape index (κ2) is 7.34. The number of rotatable bonds is 4. The van der Waals surface area contributed by atoms with Crippen LogP contribution in [0.1, 0.15) is 22.3 Å². The highest BCUT2D eigenvalue weighted by atomic mass is 16.3. The Balaban J connectivity index is 1.55. The Morgan fingerprint density at radius 3 is 2.85 bits per heavy atom. The summed E-state index contributed by atoms with van der Waals surface area (Å²) in [4.78, 5) is 29.6. The maximum Gasteiger partial charge on any atom is 0.256 e. The van der Waals surface area contributed by atoms with E-state index in [9.17, 15) is 14.7 Å². The largest absolute Gasteiger partial charge is 0.392 e. The van der Waals surface area contributed by atoms with E-state index in [-0.39, 0.29) is 17.6 Å². The number of hydrogen-bond donors (Lipinski definition) is 3. The number of aromatic amines is 1.